The molecule has 1 N–H and O–H groups in total. The summed E-state index contributed by atoms with van der Waals surface area (Å²) in [5.41, 5.74) is 0. The number of ether oxygens (including phenoxy) is 1. The summed E-state index contributed by atoms with van der Waals surface area (Å²) in [6, 6.07) is 6.67. The molecule has 1 amide bonds. The minimum Gasteiger partial charge on any atom is -0.492 e. The van der Waals surface area contributed by atoms with Crippen molar-refractivity contribution >= 4 is 5.91 Å². The SMILES string of the molecule is O=C(CN1CCN(C2CCCC2)CC1)NCCOc1ccc(F)cc1. The Kier molecular flexibility index (Phi) is 6.64. The highest BCUT2D eigenvalue weighted by Gasteiger charge is 2.26. The lowest BCUT2D eigenvalue weighted by Gasteiger charge is -2.37. The highest BCUT2D eigenvalue weighted by atomic mass is 19.1. The molecule has 1 aromatic carbocycles. The molecule has 1 heterocycles. The van der Waals surface area contributed by atoms with E-state index < -0.39 is 0 Å². The van der Waals surface area contributed by atoms with Crippen molar-refractivity contribution in [1.29, 1.82) is 0 Å². The summed E-state index contributed by atoms with van der Waals surface area (Å²) in [4.78, 5) is 16.9. The van der Waals surface area contributed by atoms with Gasteiger partial charge in [0, 0.05) is 32.2 Å². The molecule has 0 atom stereocenters. The molecule has 0 radical (unpaired) electrons. The summed E-state index contributed by atoms with van der Waals surface area (Å²) >= 11 is 0. The standard InChI is InChI=1S/C19H28FN3O2/c20-16-5-7-18(8-6-16)25-14-9-21-19(24)15-22-10-12-23(13-11-22)17-3-1-2-4-17/h5-8,17H,1-4,9-15H2,(H,21,24). The topological polar surface area (TPSA) is 44.8 Å². The van der Waals surface area contributed by atoms with E-state index in [0.717, 1.165) is 32.2 Å². The van der Waals surface area contributed by atoms with Gasteiger partial charge in [-0.15, -0.1) is 0 Å². The third kappa shape index (κ3) is 5.68. The lowest BCUT2D eigenvalue weighted by Crippen LogP contribution is -2.52. The predicted octanol–water partition coefficient (Wildman–Crippen LogP) is 1.88. The fourth-order valence-corrected chi connectivity index (χ4v) is 3.71. The molecule has 1 aliphatic heterocycles. The van der Waals surface area contributed by atoms with Crippen LogP contribution in [0.25, 0.3) is 0 Å². The summed E-state index contributed by atoms with van der Waals surface area (Å²) in [7, 11) is 0. The normalized spacial score (nSPS) is 19.9. The van der Waals surface area contributed by atoms with Gasteiger partial charge in [-0.1, -0.05) is 12.8 Å². The third-order valence-electron chi connectivity index (χ3n) is 5.12. The van der Waals surface area contributed by atoms with Gasteiger partial charge in [-0.3, -0.25) is 14.6 Å². The molecule has 138 valence electrons. The van der Waals surface area contributed by atoms with Crippen molar-refractivity contribution in [2.45, 2.75) is 31.7 Å². The molecular weight excluding hydrogens is 321 g/mol. The van der Waals surface area contributed by atoms with E-state index in [1.165, 1.54) is 37.8 Å². The molecule has 6 heteroatoms. The molecule has 1 saturated carbocycles. The van der Waals surface area contributed by atoms with Crippen molar-refractivity contribution in [3.63, 3.8) is 0 Å². The molecule has 1 aromatic rings. The Morgan fingerprint density at radius 2 is 1.80 bits per heavy atom. The van der Waals surface area contributed by atoms with Gasteiger partial charge < -0.3 is 10.1 Å². The van der Waals surface area contributed by atoms with Crippen LogP contribution in [0.15, 0.2) is 24.3 Å². The van der Waals surface area contributed by atoms with Crippen molar-refractivity contribution in [3.05, 3.63) is 30.1 Å². The molecule has 1 aliphatic carbocycles. The molecule has 0 unspecified atom stereocenters. The minimum atomic E-state index is -0.284. The summed E-state index contributed by atoms with van der Waals surface area (Å²) < 4.78 is 18.3. The molecule has 0 bridgehead atoms. The first kappa shape index (κ1) is 18.1. The first-order valence-corrected chi connectivity index (χ1v) is 9.32. The smallest absolute Gasteiger partial charge is 0.234 e. The van der Waals surface area contributed by atoms with Crippen molar-refractivity contribution in [2.24, 2.45) is 0 Å². The van der Waals surface area contributed by atoms with Crippen LogP contribution in [0.4, 0.5) is 4.39 Å². The summed E-state index contributed by atoms with van der Waals surface area (Å²) in [6.45, 7) is 5.38. The molecule has 5 nitrogen and oxygen atoms in total. The fourth-order valence-electron chi connectivity index (χ4n) is 3.71. The second-order valence-electron chi connectivity index (χ2n) is 6.90. The van der Waals surface area contributed by atoms with Crippen LogP contribution in [-0.4, -0.2) is 67.6 Å². The molecule has 0 spiro atoms. The monoisotopic (exact) mass is 349 g/mol. The quantitative estimate of drug-likeness (QED) is 0.764. The number of piperazine rings is 1. The second kappa shape index (κ2) is 9.15. The molecule has 0 aromatic heterocycles. The average molecular weight is 349 g/mol. The summed E-state index contributed by atoms with van der Waals surface area (Å²) in [5.74, 6) is 0.365. The first-order chi connectivity index (χ1) is 12.2. The minimum absolute atomic E-state index is 0.0389. The maximum atomic E-state index is 12.8. The maximum Gasteiger partial charge on any atom is 0.234 e. The van der Waals surface area contributed by atoms with E-state index >= 15 is 0 Å². The van der Waals surface area contributed by atoms with Gasteiger partial charge in [-0.2, -0.15) is 0 Å². The van der Waals surface area contributed by atoms with Gasteiger partial charge in [0.05, 0.1) is 13.1 Å². The van der Waals surface area contributed by atoms with Crippen LogP contribution in [0.1, 0.15) is 25.7 Å². The van der Waals surface area contributed by atoms with E-state index in [1.54, 1.807) is 12.1 Å². The Balaban J connectivity index is 1.27. The Hall–Kier alpha value is -1.66. The number of rotatable bonds is 7. The lowest BCUT2D eigenvalue weighted by atomic mass is 10.2. The van der Waals surface area contributed by atoms with Crippen LogP contribution in [0, 0.1) is 5.82 Å². The largest absolute Gasteiger partial charge is 0.492 e. The first-order valence-electron chi connectivity index (χ1n) is 9.32. The molecule has 3 rings (SSSR count). The van der Waals surface area contributed by atoms with Gasteiger partial charge in [-0.05, 0) is 37.1 Å². The second-order valence-corrected chi connectivity index (χ2v) is 6.90. The highest BCUT2D eigenvalue weighted by Crippen LogP contribution is 2.24. The van der Waals surface area contributed by atoms with Crippen molar-refractivity contribution in [1.82, 2.24) is 15.1 Å². The Labute approximate surface area is 149 Å². The molecule has 1 saturated heterocycles. The van der Waals surface area contributed by atoms with Crippen LogP contribution in [0.2, 0.25) is 0 Å². The Morgan fingerprint density at radius 1 is 1.12 bits per heavy atom. The number of halogens is 1. The Morgan fingerprint density at radius 3 is 2.48 bits per heavy atom. The van der Waals surface area contributed by atoms with E-state index in [9.17, 15) is 9.18 Å². The van der Waals surface area contributed by atoms with Crippen LogP contribution >= 0.6 is 0 Å². The Bertz CT molecular complexity index is 538. The fraction of sp³-hybridized carbons (Fsp3) is 0.632. The van der Waals surface area contributed by atoms with Gasteiger partial charge in [-0.25, -0.2) is 4.39 Å². The number of hydrogen-bond acceptors (Lipinski definition) is 4. The number of amides is 1. The van der Waals surface area contributed by atoms with Gasteiger partial charge in [0.25, 0.3) is 0 Å². The molecular formula is C19H28FN3O2. The van der Waals surface area contributed by atoms with Crippen LogP contribution in [0.3, 0.4) is 0 Å². The molecule has 25 heavy (non-hydrogen) atoms. The molecule has 2 fully saturated rings. The maximum absolute atomic E-state index is 12.8. The number of benzene rings is 1. The third-order valence-corrected chi connectivity index (χ3v) is 5.12. The average Bonchev–Trinajstić information content (AvgIpc) is 3.15. The predicted molar refractivity (Wildman–Crippen MR) is 95.2 cm³/mol. The zero-order valence-electron chi connectivity index (χ0n) is 14.8. The number of carbonyl (C=O) groups excluding carboxylic acids is 1. The van der Waals surface area contributed by atoms with E-state index in [4.69, 9.17) is 4.74 Å². The van der Waals surface area contributed by atoms with E-state index in [-0.39, 0.29) is 11.7 Å². The summed E-state index contributed by atoms with van der Waals surface area (Å²) in [5, 5.41) is 2.88. The summed E-state index contributed by atoms with van der Waals surface area (Å²) in [6.07, 6.45) is 5.42. The van der Waals surface area contributed by atoms with E-state index in [2.05, 4.69) is 15.1 Å². The highest BCUT2D eigenvalue weighted by molar-refractivity contribution is 5.78. The zero-order valence-corrected chi connectivity index (χ0v) is 14.8. The van der Waals surface area contributed by atoms with Gasteiger partial charge >= 0.3 is 0 Å². The number of carbonyl (C=O) groups is 1. The van der Waals surface area contributed by atoms with Crippen molar-refractivity contribution < 1.29 is 13.9 Å². The number of hydrogen-bond donors (Lipinski definition) is 1. The van der Waals surface area contributed by atoms with Gasteiger partial charge in [0.15, 0.2) is 0 Å². The van der Waals surface area contributed by atoms with Crippen LogP contribution in [-0.2, 0) is 4.79 Å². The van der Waals surface area contributed by atoms with Crippen LogP contribution in [0.5, 0.6) is 5.75 Å². The van der Waals surface area contributed by atoms with Crippen LogP contribution < -0.4 is 10.1 Å². The zero-order chi connectivity index (χ0) is 17.5. The van der Waals surface area contributed by atoms with E-state index in [1.807, 2.05) is 0 Å². The van der Waals surface area contributed by atoms with E-state index in [0.29, 0.717) is 25.4 Å². The molecule has 2 aliphatic rings. The van der Waals surface area contributed by atoms with Gasteiger partial charge in [0.1, 0.15) is 18.2 Å². The van der Waals surface area contributed by atoms with Gasteiger partial charge in [0.2, 0.25) is 5.91 Å². The van der Waals surface area contributed by atoms with Crippen molar-refractivity contribution in [2.75, 3.05) is 45.9 Å². The van der Waals surface area contributed by atoms with Crippen molar-refractivity contribution in [3.8, 4) is 5.75 Å². The number of nitrogens with zero attached hydrogens (tertiary/aromatic N) is 2. The number of nitrogens with one attached hydrogen (secondary N) is 1. The lowest BCUT2D eigenvalue weighted by molar-refractivity contribution is -0.122.